The third-order valence-corrected chi connectivity index (χ3v) is 3.58. The minimum atomic E-state index is 0.281. The molecule has 0 aliphatic heterocycles. The summed E-state index contributed by atoms with van der Waals surface area (Å²) in [5.74, 6) is 0.940. The summed E-state index contributed by atoms with van der Waals surface area (Å²) < 4.78 is 11.1. The second-order valence-electron chi connectivity index (χ2n) is 4.38. The lowest BCUT2D eigenvalue weighted by Gasteiger charge is -2.14. The first kappa shape index (κ1) is 16.2. The number of ether oxygens (including phenoxy) is 2. The van der Waals surface area contributed by atoms with Crippen LogP contribution in [0, 0.1) is 11.3 Å². The molecule has 0 saturated heterocycles. The molecule has 22 heavy (non-hydrogen) atoms. The number of allylic oxidation sites excluding steroid dienone is 1. The van der Waals surface area contributed by atoms with Crippen molar-refractivity contribution in [2.24, 2.45) is 0 Å². The van der Waals surface area contributed by atoms with E-state index in [4.69, 9.17) is 37.9 Å². The van der Waals surface area contributed by atoms with Gasteiger partial charge in [0.2, 0.25) is 0 Å². The summed E-state index contributed by atoms with van der Waals surface area (Å²) in [4.78, 5) is 0. The summed E-state index contributed by atoms with van der Waals surface area (Å²) in [6, 6.07) is 12.8. The van der Waals surface area contributed by atoms with Crippen LogP contribution >= 0.6 is 23.2 Å². The Hall–Kier alpha value is -2.15. The van der Waals surface area contributed by atoms with Crippen molar-refractivity contribution < 1.29 is 9.47 Å². The highest BCUT2D eigenvalue weighted by Gasteiger charge is 2.12. The van der Waals surface area contributed by atoms with Crippen LogP contribution < -0.4 is 9.47 Å². The van der Waals surface area contributed by atoms with Gasteiger partial charge in [-0.1, -0.05) is 41.4 Å². The molecule has 2 aromatic carbocycles. The monoisotopic (exact) mass is 333 g/mol. The molecule has 0 aromatic heterocycles. The second kappa shape index (κ2) is 7.74. The predicted molar refractivity (Wildman–Crippen MR) is 88.4 cm³/mol. The van der Waals surface area contributed by atoms with Crippen molar-refractivity contribution >= 4 is 29.3 Å². The minimum Gasteiger partial charge on any atom is -0.493 e. The molecule has 0 spiro atoms. The fourth-order valence-corrected chi connectivity index (χ4v) is 2.34. The second-order valence-corrected chi connectivity index (χ2v) is 5.19. The van der Waals surface area contributed by atoms with Gasteiger partial charge in [0.15, 0.2) is 11.5 Å². The van der Waals surface area contributed by atoms with Crippen molar-refractivity contribution in [1.82, 2.24) is 0 Å². The number of nitrogens with zero attached hydrogens (tertiary/aromatic N) is 1. The average Bonchev–Trinajstić information content (AvgIpc) is 2.52. The summed E-state index contributed by atoms with van der Waals surface area (Å²) >= 11 is 12.3. The van der Waals surface area contributed by atoms with E-state index >= 15 is 0 Å². The fraction of sp³-hybridized carbons (Fsp3) is 0.118. The Morgan fingerprint density at radius 2 is 1.95 bits per heavy atom. The molecule has 0 N–H and O–H groups in total. The van der Waals surface area contributed by atoms with Gasteiger partial charge >= 0.3 is 0 Å². The van der Waals surface area contributed by atoms with Gasteiger partial charge in [0.1, 0.15) is 6.61 Å². The molecule has 0 amide bonds. The lowest BCUT2D eigenvalue weighted by atomic mass is 10.2. The molecule has 112 valence electrons. The van der Waals surface area contributed by atoms with Crippen molar-refractivity contribution in [3.8, 4) is 17.6 Å². The predicted octanol–water partition coefficient (Wildman–Crippen LogP) is 5.12. The van der Waals surface area contributed by atoms with E-state index in [0.29, 0.717) is 21.5 Å². The van der Waals surface area contributed by atoms with Gasteiger partial charge in [-0.15, -0.1) is 0 Å². The Balaban J connectivity index is 2.25. The molecule has 5 heteroatoms. The summed E-state index contributed by atoms with van der Waals surface area (Å²) in [7, 11) is 1.53. The van der Waals surface area contributed by atoms with E-state index in [-0.39, 0.29) is 6.61 Å². The van der Waals surface area contributed by atoms with Crippen LogP contribution in [0.1, 0.15) is 11.1 Å². The number of rotatable bonds is 5. The maximum Gasteiger partial charge on any atom is 0.180 e. The molecule has 0 unspecified atom stereocenters. The number of halogens is 2. The minimum absolute atomic E-state index is 0.281. The Labute approximate surface area is 139 Å². The number of hydrogen-bond donors (Lipinski definition) is 0. The van der Waals surface area contributed by atoms with Crippen molar-refractivity contribution in [2.45, 2.75) is 6.61 Å². The van der Waals surface area contributed by atoms with Gasteiger partial charge in [-0.3, -0.25) is 0 Å². The lowest BCUT2D eigenvalue weighted by molar-refractivity contribution is 0.285. The molecule has 0 aliphatic carbocycles. The van der Waals surface area contributed by atoms with E-state index in [0.717, 1.165) is 11.1 Å². The number of hydrogen-bond acceptors (Lipinski definition) is 3. The van der Waals surface area contributed by atoms with Crippen LogP contribution in [0.3, 0.4) is 0 Å². The fourth-order valence-electron chi connectivity index (χ4n) is 1.87. The Kier molecular flexibility index (Phi) is 5.71. The Bertz CT molecular complexity index is 736. The van der Waals surface area contributed by atoms with E-state index in [1.165, 1.54) is 13.2 Å². The van der Waals surface area contributed by atoms with Crippen LogP contribution in [0.15, 0.2) is 42.5 Å². The molecule has 0 radical (unpaired) electrons. The van der Waals surface area contributed by atoms with E-state index in [2.05, 4.69) is 0 Å². The molecule has 0 bridgehead atoms. The van der Waals surface area contributed by atoms with Crippen LogP contribution in [0.4, 0.5) is 0 Å². The topological polar surface area (TPSA) is 42.2 Å². The maximum absolute atomic E-state index is 8.58. The van der Waals surface area contributed by atoms with Gasteiger partial charge in [0.25, 0.3) is 0 Å². The summed E-state index contributed by atoms with van der Waals surface area (Å²) in [6.07, 6.45) is 3.02. The van der Waals surface area contributed by atoms with Gasteiger partial charge in [0, 0.05) is 16.7 Å². The quantitative estimate of drug-likeness (QED) is 0.713. The maximum atomic E-state index is 8.58. The highest BCUT2D eigenvalue weighted by molar-refractivity contribution is 6.32. The molecule has 0 fully saturated rings. The normalized spacial score (nSPS) is 10.5. The van der Waals surface area contributed by atoms with Gasteiger partial charge in [0.05, 0.1) is 18.2 Å². The van der Waals surface area contributed by atoms with Gasteiger partial charge < -0.3 is 9.47 Å². The third kappa shape index (κ3) is 3.94. The molecule has 0 atom stereocenters. The van der Waals surface area contributed by atoms with E-state index in [9.17, 15) is 0 Å². The zero-order valence-electron chi connectivity index (χ0n) is 11.8. The average molecular weight is 334 g/mol. The molecule has 0 heterocycles. The highest BCUT2D eigenvalue weighted by atomic mass is 35.5. The zero-order chi connectivity index (χ0) is 15.9. The Morgan fingerprint density at radius 1 is 1.18 bits per heavy atom. The van der Waals surface area contributed by atoms with Gasteiger partial charge in [-0.25, -0.2) is 0 Å². The lowest BCUT2D eigenvalue weighted by Crippen LogP contribution is -1.99. The largest absolute Gasteiger partial charge is 0.493 e. The van der Waals surface area contributed by atoms with Gasteiger partial charge in [-0.2, -0.15) is 5.26 Å². The molecule has 2 aromatic rings. The summed E-state index contributed by atoms with van der Waals surface area (Å²) in [6.45, 7) is 0.281. The number of methoxy groups -OCH3 is 1. The summed E-state index contributed by atoms with van der Waals surface area (Å²) in [5, 5.41) is 9.61. The first-order valence-electron chi connectivity index (χ1n) is 6.45. The van der Waals surface area contributed by atoms with Gasteiger partial charge in [-0.05, 0) is 29.8 Å². The van der Waals surface area contributed by atoms with Crippen LogP contribution in [0.25, 0.3) is 6.08 Å². The molecule has 2 rings (SSSR count). The van der Waals surface area contributed by atoms with E-state index < -0.39 is 0 Å². The van der Waals surface area contributed by atoms with Crippen molar-refractivity contribution in [3.63, 3.8) is 0 Å². The molecule has 0 aliphatic rings. The van der Waals surface area contributed by atoms with Crippen LogP contribution in [-0.4, -0.2) is 7.11 Å². The molecule has 3 nitrogen and oxygen atoms in total. The molecule has 0 saturated carbocycles. The van der Waals surface area contributed by atoms with Crippen LogP contribution in [-0.2, 0) is 6.61 Å². The van der Waals surface area contributed by atoms with E-state index in [1.807, 2.05) is 24.3 Å². The zero-order valence-corrected chi connectivity index (χ0v) is 13.4. The standard InChI is InChI=1S/C17H13Cl2NO2/c1-21-16-10-12(5-4-8-20)9-15(19)17(16)22-11-13-6-2-3-7-14(13)18/h2-7,9-10H,11H2,1H3. The van der Waals surface area contributed by atoms with Crippen molar-refractivity contribution in [1.29, 1.82) is 5.26 Å². The van der Waals surface area contributed by atoms with Crippen molar-refractivity contribution in [3.05, 3.63) is 63.6 Å². The first-order chi connectivity index (χ1) is 10.7. The smallest absolute Gasteiger partial charge is 0.180 e. The van der Waals surface area contributed by atoms with Crippen molar-refractivity contribution in [2.75, 3.05) is 7.11 Å². The molecular formula is C17H13Cl2NO2. The highest BCUT2D eigenvalue weighted by Crippen LogP contribution is 2.37. The van der Waals surface area contributed by atoms with Crippen LogP contribution in [0.2, 0.25) is 10.0 Å². The number of nitriles is 1. The SMILES string of the molecule is COc1cc(C=CC#N)cc(Cl)c1OCc1ccccc1Cl. The number of benzene rings is 2. The first-order valence-corrected chi connectivity index (χ1v) is 7.21. The molecular weight excluding hydrogens is 321 g/mol. The van der Waals surface area contributed by atoms with Crippen LogP contribution in [0.5, 0.6) is 11.5 Å². The summed E-state index contributed by atoms with van der Waals surface area (Å²) in [5.41, 5.74) is 1.62. The van der Waals surface area contributed by atoms with E-state index in [1.54, 1.807) is 24.3 Å². The Morgan fingerprint density at radius 3 is 2.64 bits per heavy atom. The third-order valence-electron chi connectivity index (χ3n) is 2.93.